The van der Waals surface area contributed by atoms with Crippen LogP contribution in [0.25, 0.3) is 11.0 Å². The summed E-state index contributed by atoms with van der Waals surface area (Å²) in [6.07, 6.45) is 1.14. The smallest absolute Gasteiger partial charge is 0.119 e. The van der Waals surface area contributed by atoms with Gasteiger partial charge < -0.3 is 20.1 Å². The number of aliphatic hydroxyl groups excluding tert-OH is 1. The highest BCUT2D eigenvalue weighted by atomic mass is 16.5. The van der Waals surface area contributed by atoms with Crippen molar-refractivity contribution in [3.05, 3.63) is 53.9 Å². The van der Waals surface area contributed by atoms with E-state index in [9.17, 15) is 5.11 Å². The van der Waals surface area contributed by atoms with E-state index in [1.807, 2.05) is 4.57 Å². The monoisotopic (exact) mass is 311 g/mol. The van der Waals surface area contributed by atoms with E-state index in [-0.39, 0.29) is 6.61 Å². The molecular formula is C18H21N3O2. The Bertz CT molecular complexity index is 809. The number of nitrogen functional groups attached to an aromatic ring is 1. The summed E-state index contributed by atoms with van der Waals surface area (Å²) in [5.74, 6) is 0.695. The number of aliphatic hydroxyl groups is 1. The summed E-state index contributed by atoms with van der Waals surface area (Å²) in [7, 11) is 0. The van der Waals surface area contributed by atoms with Crippen LogP contribution >= 0.6 is 0 Å². The molecular weight excluding hydrogens is 290 g/mol. The second-order valence-corrected chi connectivity index (χ2v) is 5.86. The van der Waals surface area contributed by atoms with E-state index >= 15 is 0 Å². The molecule has 0 bridgehead atoms. The van der Waals surface area contributed by atoms with Crippen molar-refractivity contribution in [3.8, 4) is 5.75 Å². The van der Waals surface area contributed by atoms with E-state index in [1.165, 1.54) is 11.1 Å². The SMILES string of the molecule is Cc1cc2ncn(CC(O)COc3ccc(N)cc3)c2cc1C. The standard InChI is InChI=1S/C18H21N3O2/c1-12-7-17-18(8-13(12)2)21(11-20-17)9-15(22)10-23-16-5-3-14(19)4-6-16/h3-8,11,15,22H,9-10,19H2,1-2H3. The first-order valence-corrected chi connectivity index (χ1v) is 7.61. The lowest BCUT2D eigenvalue weighted by Crippen LogP contribution is -2.23. The normalized spacial score (nSPS) is 12.5. The molecule has 1 aromatic heterocycles. The Balaban J connectivity index is 1.67. The molecule has 1 atom stereocenters. The van der Waals surface area contributed by atoms with Crippen LogP contribution in [-0.2, 0) is 6.54 Å². The number of aryl methyl sites for hydroxylation is 2. The van der Waals surface area contributed by atoms with Crippen molar-refractivity contribution in [1.82, 2.24) is 9.55 Å². The molecule has 2 aromatic carbocycles. The van der Waals surface area contributed by atoms with Crippen molar-refractivity contribution in [2.24, 2.45) is 0 Å². The van der Waals surface area contributed by atoms with E-state index < -0.39 is 6.10 Å². The van der Waals surface area contributed by atoms with Crippen LogP contribution in [0, 0.1) is 13.8 Å². The van der Waals surface area contributed by atoms with Gasteiger partial charge in [-0.2, -0.15) is 0 Å². The second-order valence-electron chi connectivity index (χ2n) is 5.86. The Morgan fingerprint density at radius 1 is 1.17 bits per heavy atom. The highest BCUT2D eigenvalue weighted by Crippen LogP contribution is 2.19. The number of aromatic nitrogens is 2. The summed E-state index contributed by atoms with van der Waals surface area (Å²) in [5.41, 5.74) is 10.7. The minimum absolute atomic E-state index is 0.217. The van der Waals surface area contributed by atoms with Gasteiger partial charge in [-0.3, -0.25) is 0 Å². The zero-order valence-corrected chi connectivity index (χ0v) is 13.4. The Morgan fingerprint density at radius 2 is 1.87 bits per heavy atom. The minimum atomic E-state index is -0.619. The number of hydrogen-bond donors (Lipinski definition) is 2. The van der Waals surface area contributed by atoms with Crippen LogP contribution in [0.15, 0.2) is 42.7 Å². The lowest BCUT2D eigenvalue weighted by molar-refractivity contribution is 0.0934. The lowest BCUT2D eigenvalue weighted by Gasteiger charge is -2.14. The summed E-state index contributed by atoms with van der Waals surface area (Å²) in [4.78, 5) is 4.40. The van der Waals surface area contributed by atoms with Gasteiger partial charge in [-0.25, -0.2) is 4.98 Å². The average Bonchev–Trinajstić information content (AvgIpc) is 2.89. The highest BCUT2D eigenvalue weighted by molar-refractivity contribution is 5.77. The maximum atomic E-state index is 10.2. The molecule has 0 spiro atoms. The van der Waals surface area contributed by atoms with E-state index in [0.717, 1.165) is 11.0 Å². The molecule has 0 radical (unpaired) electrons. The third kappa shape index (κ3) is 3.46. The topological polar surface area (TPSA) is 73.3 Å². The molecule has 3 N–H and O–H groups in total. The van der Waals surface area contributed by atoms with E-state index in [1.54, 1.807) is 30.6 Å². The number of ether oxygens (including phenoxy) is 1. The van der Waals surface area contributed by atoms with E-state index in [4.69, 9.17) is 10.5 Å². The predicted molar refractivity (Wildman–Crippen MR) is 91.6 cm³/mol. The third-order valence-corrected chi connectivity index (χ3v) is 3.97. The quantitative estimate of drug-likeness (QED) is 0.711. The Labute approximate surface area is 135 Å². The Kier molecular flexibility index (Phi) is 4.21. The van der Waals surface area contributed by atoms with Crippen molar-refractivity contribution < 1.29 is 9.84 Å². The molecule has 0 amide bonds. The number of rotatable bonds is 5. The fourth-order valence-corrected chi connectivity index (χ4v) is 2.49. The molecule has 120 valence electrons. The van der Waals surface area contributed by atoms with Crippen molar-refractivity contribution in [2.75, 3.05) is 12.3 Å². The fourth-order valence-electron chi connectivity index (χ4n) is 2.49. The van der Waals surface area contributed by atoms with Gasteiger partial charge in [0.1, 0.15) is 18.5 Å². The van der Waals surface area contributed by atoms with Gasteiger partial charge >= 0.3 is 0 Å². The number of nitrogens with two attached hydrogens (primary N) is 1. The number of benzene rings is 2. The molecule has 0 aliphatic rings. The maximum Gasteiger partial charge on any atom is 0.119 e. The molecule has 0 saturated carbocycles. The average molecular weight is 311 g/mol. The third-order valence-electron chi connectivity index (χ3n) is 3.97. The fraction of sp³-hybridized carbons (Fsp3) is 0.278. The predicted octanol–water partition coefficient (Wildman–Crippen LogP) is 2.68. The first-order chi connectivity index (χ1) is 11.0. The zero-order valence-electron chi connectivity index (χ0n) is 13.4. The van der Waals surface area contributed by atoms with E-state index in [0.29, 0.717) is 18.0 Å². The minimum Gasteiger partial charge on any atom is -0.491 e. The lowest BCUT2D eigenvalue weighted by atomic mass is 10.1. The summed E-state index contributed by atoms with van der Waals surface area (Å²) >= 11 is 0. The summed E-state index contributed by atoms with van der Waals surface area (Å²) in [5, 5.41) is 10.2. The van der Waals surface area contributed by atoms with Gasteiger partial charge in [0.05, 0.1) is 23.9 Å². The number of fused-ring (bicyclic) bond motifs is 1. The van der Waals surface area contributed by atoms with Crippen LogP contribution in [0.2, 0.25) is 0 Å². The van der Waals surface area contributed by atoms with Gasteiger partial charge in [0.2, 0.25) is 0 Å². The molecule has 0 saturated heterocycles. The molecule has 0 fully saturated rings. The molecule has 0 aliphatic carbocycles. The number of imidazole rings is 1. The van der Waals surface area contributed by atoms with Crippen LogP contribution in [0.4, 0.5) is 5.69 Å². The summed E-state index contributed by atoms with van der Waals surface area (Å²) in [6.45, 7) is 4.80. The molecule has 3 rings (SSSR count). The van der Waals surface area contributed by atoms with Crippen LogP contribution in [0.5, 0.6) is 5.75 Å². The molecule has 0 aliphatic heterocycles. The van der Waals surface area contributed by atoms with Gasteiger partial charge in [-0.1, -0.05) is 0 Å². The van der Waals surface area contributed by atoms with Gasteiger partial charge in [0.25, 0.3) is 0 Å². The molecule has 1 heterocycles. The summed E-state index contributed by atoms with van der Waals surface area (Å²) in [6, 6.07) is 11.3. The van der Waals surface area contributed by atoms with Gasteiger partial charge in [0, 0.05) is 5.69 Å². The Hall–Kier alpha value is -2.53. The zero-order chi connectivity index (χ0) is 16.4. The Morgan fingerprint density at radius 3 is 2.61 bits per heavy atom. The first-order valence-electron chi connectivity index (χ1n) is 7.61. The summed E-state index contributed by atoms with van der Waals surface area (Å²) < 4.78 is 7.54. The molecule has 3 aromatic rings. The van der Waals surface area contributed by atoms with Crippen molar-refractivity contribution in [2.45, 2.75) is 26.5 Å². The first kappa shape index (κ1) is 15.4. The molecule has 23 heavy (non-hydrogen) atoms. The number of hydrogen-bond acceptors (Lipinski definition) is 4. The van der Waals surface area contributed by atoms with E-state index in [2.05, 4.69) is 31.0 Å². The van der Waals surface area contributed by atoms with Crippen molar-refractivity contribution in [3.63, 3.8) is 0 Å². The largest absolute Gasteiger partial charge is 0.491 e. The number of nitrogens with zero attached hydrogens (tertiary/aromatic N) is 2. The van der Waals surface area contributed by atoms with Crippen molar-refractivity contribution >= 4 is 16.7 Å². The highest BCUT2D eigenvalue weighted by Gasteiger charge is 2.10. The van der Waals surface area contributed by atoms with Crippen LogP contribution in [-0.4, -0.2) is 27.4 Å². The van der Waals surface area contributed by atoms with Crippen LogP contribution < -0.4 is 10.5 Å². The molecule has 5 heteroatoms. The van der Waals surface area contributed by atoms with Gasteiger partial charge in [0.15, 0.2) is 0 Å². The van der Waals surface area contributed by atoms with Gasteiger partial charge in [-0.05, 0) is 61.4 Å². The number of anilines is 1. The maximum absolute atomic E-state index is 10.2. The van der Waals surface area contributed by atoms with Gasteiger partial charge in [-0.15, -0.1) is 0 Å². The van der Waals surface area contributed by atoms with Crippen LogP contribution in [0.3, 0.4) is 0 Å². The van der Waals surface area contributed by atoms with Crippen molar-refractivity contribution in [1.29, 1.82) is 0 Å². The molecule has 5 nitrogen and oxygen atoms in total. The molecule has 1 unspecified atom stereocenters. The second kappa shape index (κ2) is 6.30. The van der Waals surface area contributed by atoms with Crippen LogP contribution in [0.1, 0.15) is 11.1 Å².